The zero-order valence-corrected chi connectivity index (χ0v) is 13.7. The van der Waals surface area contributed by atoms with Gasteiger partial charge in [0, 0.05) is 5.25 Å². The SMILES string of the molecule is C[C@]1(N2C(=S)S[C@@H]3CS(=O)(=O)C[C@@H]32)CCS(=O)(=O)C1. The lowest BCUT2D eigenvalue weighted by molar-refractivity contribution is 0.192. The van der Waals surface area contributed by atoms with Crippen LogP contribution in [0.15, 0.2) is 0 Å². The number of rotatable bonds is 1. The summed E-state index contributed by atoms with van der Waals surface area (Å²) in [5, 5.41) is -0.0300. The highest BCUT2D eigenvalue weighted by molar-refractivity contribution is 8.24. The minimum Gasteiger partial charge on any atom is -0.346 e. The number of thioether (sulfide) groups is 1. The highest BCUT2D eigenvalue weighted by atomic mass is 32.2. The summed E-state index contributed by atoms with van der Waals surface area (Å²) in [6, 6.07) is -0.152. The van der Waals surface area contributed by atoms with E-state index < -0.39 is 25.2 Å². The molecule has 0 aliphatic carbocycles. The molecule has 0 unspecified atom stereocenters. The van der Waals surface area contributed by atoms with Gasteiger partial charge in [0.05, 0.1) is 34.6 Å². The van der Waals surface area contributed by atoms with Crippen LogP contribution in [-0.2, 0) is 19.7 Å². The van der Waals surface area contributed by atoms with Crippen molar-refractivity contribution in [3.05, 3.63) is 0 Å². The highest BCUT2D eigenvalue weighted by Crippen LogP contribution is 2.44. The molecule has 3 fully saturated rings. The molecule has 0 aromatic rings. The zero-order valence-electron chi connectivity index (χ0n) is 10.4. The molecular formula is C10H15NO4S4. The molecule has 19 heavy (non-hydrogen) atoms. The van der Waals surface area contributed by atoms with Crippen LogP contribution in [0.2, 0.25) is 0 Å². The lowest BCUT2D eigenvalue weighted by atomic mass is 9.97. The Hall–Kier alpha value is 0.140. The Morgan fingerprint density at radius 1 is 1.26 bits per heavy atom. The van der Waals surface area contributed by atoms with Crippen molar-refractivity contribution < 1.29 is 16.8 Å². The molecule has 3 aliphatic rings. The number of hydrogen-bond donors (Lipinski definition) is 0. The molecule has 0 N–H and O–H groups in total. The van der Waals surface area contributed by atoms with Gasteiger partial charge in [0.25, 0.3) is 0 Å². The molecule has 0 saturated carbocycles. The number of thiocarbonyl (C=S) groups is 1. The van der Waals surface area contributed by atoms with Crippen molar-refractivity contribution in [2.24, 2.45) is 0 Å². The van der Waals surface area contributed by atoms with Gasteiger partial charge >= 0.3 is 0 Å². The molecule has 0 bridgehead atoms. The van der Waals surface area contributed by atoms with Crippen LogP contribution < -0.4 is 0 Å². The lowest BCUT2D eigenvalue weighted by Crippen LogP contribution is -2.53. The van der Waals surface area contributed by atoms with Crippen molar-refractivity contribution in [2.45, 2.75) is 30.2 Å². The van der Waals surface area contributed by atoms with Gasteiger partial charge in [0.2, 0.25) is 0 Å². The number of nitrogens with zero attached hydrogens (tertiary/aromatic N) is 1. The maximum absolute atomic E-state index is 11.7. The second-order valence-electron chi connectivity index (χ2n) is 5.78. The van der Waals surface area contributed by atoms with Crippen LogP contribution in [0.3, 0.4) is 0 Å². The smallest absolute Gasteiger partial charge is 0.153 e. The summed E-state index contributed by atoms with van der Waals surface area (Å²) in [5.41, 5.74) is -0.539. The predicted octanol–water partition coefficient (Wildman–Crippen LogP) is 0.0629. The maximum atomic E-state index is 11.7. The van der Waals surface area contributed by atoms with Crippen molar-refractivity contribution in [3.8, 4) is 0 Å². The van der Waals surface area contributed by atoms with Crippen LogP contribution in [-0.4, -0.2) is 65.9 Å². The Balaban J connectivity index is 1.95. The third-order valence-electron chi connectivity index (χ3n) is 4.12. The van der Waals surface area contributed by atoms with E-state index in [4.69, 9.17) is 12.2 Å². The van der Waals surface area contributed by atoms with Gasteiger partial charge in [0.15, 0.2) is 19.7 Å². The highest BCUT2D eigenvalue weighted by Gasteiger charge is 2.55. The largest absolute Gasteiger partial charge is 0.346 e. The summed E-state index contributed by atoms with van der Waals surface area (Å²) in [4.78, 5) is 1.91. The molecule has 3 saturated heterocycles. The van der Waals surface area contributed by atoms with Crippen LogP contribution in [0.4, 0.5) is 0 Å². The minimum atomic E-state index is -3.03. The molecule has 3 atom stereocenters. The van der Waals surface area contributed by atoms with Crippen molar-refractivity contribution in [2.75, 3.05) is 23.0 Å². The van der Waals surface area contributed by atoms with Crippen molar-refractivity contribution in [1.82, 2.24) is 4.90 Å². The number of hydrogen-bond acceptors (Lipinski definition) is 6. The van der Waals surface area contributed by atoms with Crippen LogP contribution in [0.1, 0.15) is 13.3 Å². The van der Waals surface area contributed by atoms with E-state index in [1.807, 2.05) is 11.8 Å². The molecule has 9 heteroatoms. The molecule has 0 amide bonds. The fraction of sp³-hybridized carbons (Fsp3) is 0.900. The Bertz CT molecular complexity index is 628. The van der Waals surface area contributed by atoms with E-state index >= 15 is 0 Å². The van der Waals surface area contributed by atoms with E-state index in [0.717, 1.165) is 0 Å². The van der Waals surface area contributed by atoms with E-state index in [9.17, 15) is 16.8 Å². The second kappa shape index (κ2) is 4.08. The summed E-state index contributed by atoms with van der Waals surface area (Å²) < 4.78 is 47.6. The van der Waals surface area contributed by atoms with Gasteiger partial charge in [-0.2, -0.15) is 0 Å². The Morgan fingerprint density at radius 2 is 1.95 bits per heavy atom. The van der Waals surface area contributed by atoms with Gasteiger partial charge in [0.1, 0.15) is 4.32 Å². The molecule has 3 heterocycles. The van der Waals surface area contributed by atoms with Crippen molar-refractivity contribution >= 4 is 48.0 Å². The molecule has 0 aromatic heterocycles. The molecule has 0 radical (unpaired) electrons. The first-order valence-electron chi connectivity index (χ1n) is 6.03. The summed E-state index contributed by atoms with van der Waals surface area (Å²) >= 11 is 6.77. The normalized spacial score (nSPS) is 43.6. The van der Waals surface area contributed by atoms with Gasteiger partial charge in [-0.25, -0.2) is 16.8 Å². The summed E-state index contributed by atoms with van der Waals surface area (Å²) in [7, 11) is -6.05. The Morgan fingerprint density at radius 3 is 2.53 bits per heavy atom. The Labute approximate surface area is 122 Å². The Kier molecular flexibility index (Phi) is 3.03. The maximum Gasteiger partial charge on any atom is 0.153 e. The predicted molar refractivity (Wildman–Crippen MR) is 79.9 cm³/mol. The summed E-state index contributed by atoms with van der Waals surface area (Å²) in [5.74, 6) is 0.490. The zero-order chi connectivity index (χ0) is 14.1. The molecule has 5 nitrogen and oxygen atoms in total. The van der Waals surface area contributed by atoms with E-state index in [1.54, 1.807) is 0 Å². The van der Waals surface area contributed by atoms with Crippen LogP contribution in [0.5, 0.6) is 0 Å². The van der Waals surface area contributed by atoms with Crippen molar-refractivity contribution in [3.63, 3.8) is 0 Å². The molecule has 3 rings (SSSR count). The van der Waals surface area contributed by atoms with Gasteiger partial charge < -0.3 is 4.90 Å². The monoisotopic (exact) mass is 341 g/mol. The van der Waals surface area contributed by atoms with Gasteiger partial charge in [-0.3, -0.25) is 0 Å². The molecule has 0 spiro atoms. The molecule has 3 aliphatic heterocycles. The quantitative estimate of drug-likeness (QED) is 0.625. The third-order valence-corrected chi connectivity index (χ3v) is 9.60. The number of sulfone groups is 2. The van der Waals surface area contributed by atoms with E-state index in [2.05, 4.69) is 0 Å². The van der Waals surface area contributed by atoms with Gasteiger partial charge in [-0.15, -0.1) is 0 Å². The summed E-state index contributed by atoms with van der Waals surface area (Å²) in [6.45, 7) is 1.89. The molecule has 0 aromatic carbocycles. The first-order valence-corrected chi connectivity index (χ1v) is 11.0. The molecule has 108 valence electrons. The van der Waals surface area contributed by atoms with E-state index in [0.29, 0.717) is 10.7 Å². The van der Waals surface area contributed by atoms with Crippen LogP contribution in [0, 0.1) is 0 Å². The van der Waals surface area contributed by atoms with Crippen LogP contribution in [0.25, 0.3) is 0 Å². The average Bonchev–Trinajstić information content (AvgIpc) is 2.74. The minimum absolute atomic E-state index is 0.0300. The first-order chi connectivity index (χ1) is 8.62. The molecular weight excluding hydrogens is 326 g/mol. The topological polar surface area (TPSA) is 71.5 Å². The van der Waals surface area contributed by atoms with E-state index in [-0.39, 0.29) is 34.3 Å². The second-order valence-corrected chi connectivity index (χ2v) is 12.0. The number of fused-ring (bicyclic) bond motifs is 1. The van der Waals surface area contributed by atoms with Gasteiger partial charge in [-0.1, -0.05) is 24.0 Å². The van der Waals surface area contributed by atoms with E-state index in [1.165, 1.54) is 11.8 Å². The standard InChI is InChI=1S/C10H15NO4S4/c1-10(2-3-18(12,13)6-10)11-7-4-19(14,15)5-8(7)17-9(11)16/h7-8H,2-6H2,1H3/t7-,8+,10-/m0/s1. The average molecular weight is 342 g/mol. The lowest BCUT2D eigenvalue weighted by Gasteiger charge is -2.39. The van der Waals surface area contributed by atoms with Gasteiger partial charge in [-0.05, 0) is 13.3 Å². The first kappa shape index (κ1) is 14.1. The summed E-state index contributed by atoms with van der Waals surface area (Å²) in [6.07, 6.45) is 0.527. The fourth-order valence-electron chi connectivity index (χ4n) is 3.28. The van der Waals surface area contributed by atoms with Crippen molar-refractivity contribution in [1.29, 1.82) is 0 Å². The fourth-order valence-corrected chi connectivity index (χ4v) is 10.0. The third kappa shape index (κ3) is 2.32. The van der Waals surface area contributed by atoms with Crippen LogP contribution >= 0.6 is 24.0 Å².